The van der Waals surface area contributed by atoms with Gasteiger partial charge < -0.3 is 20.0 Å². The van der Waals surface area contributed by atoms with Crippen LogP contribution in [0.15, 0.2) is 60.7 Å². The smallest absolute Gasteiger partial charge is 0.250 e. The fourth-order valence-electron chi connectivity index (χ4n) is 5.34. The number of para-hydroxylation sites is 1. The molecule has 0 unspecified atom stereocenters. The van der Waals surface area contributed by atoms with Crippen molar-refractivity contribution >= 4 is 23.4 Å². The number of likely N-dealkylation sites (tertiary alicyclic amines) is 1. The molecule has 36 heavy (non-hydrogen) atoms. The fourth-order valence-corrected chi connectivity index (χ4v) is 5.34. The Morgan fingerprint density at radius 3 is 2.25 bits per heavy atom. The molecule has 1 spiro atoms. The molecular formula is C29H38N4O3. The highest BCUT2D eigenvalue weighted by molar-refractivity contribution is 5.96. The summed E-state index contributed by atoms with van der Waals surface area (Å²) in [6.45, 7) is 4.12. The summed E-state index contributed by atoms with van der Waals surface area (Å²) >= 11 is 0. The molecule has 3 amide bonds. The highest BCUT2D eigenvalue weighted by atomic mass is 16.2. The van der Waals surface area contributed by atoms with Crippen molar-refractivity contribution < 1.29 is 14.4 Å². The van der Waals surface area contributed by atoms with Crippen LogP contribution < -0.4 is 10.2 Å². The van der Waals surface area contributed by atoms with Crippen LogP contribution in [0.25, 0.3) is 0 Å². The first-order valence-electron chi connectivity index (χ1n) is 13.2. The molecule has 2 aromatic rings. The summed E-state index contributed by atoms with van der Waals surface area (Å²) in [5.41, 5.74) is 1.27. The van der Waals surface area contributed by atoms with E-state index in [4.69, 9.17) is 0 Å². The van der Waals surface area contributed by atoms with Crippen LogP contribution in [-0.2, 0) is 20.9 Å². The molecule has 2 aromatic carbocycles. The van der Waals surface area contributed by atoms with Gasteiger partial charge in [-0.1, -0.05) is 74.7 Å². The van der Waals surface area contributed by atoms with Gasteiger partial charge in [0.25, 0.3) is 5.91 Å². The summed E-state index contributed by atoms with van der Waals surface area (Å²) in [6, 6.07) is 19.7. The van der Waals surface area contributed by atoms with Crippen LogP contribution in [0.5, 0.6) is 0 Å². The fraction of sp³-hybridized carbons (Fsp3) is 0.483. The van der Waals surface area contributed by atoms with Crippen molar-refractivity contribution in [2.45, 2.75) is 64.0 Å². The third-order valence-electron chi connectivity index (χ3n) is 7.44. The van der Waals surface area contributed by atoms with Gasteiger partial charge in [0.1, 0.15) is 12.1 Å². The number of carbonyl (C=O) groups excluding carboxylic acids is 3. The second-order valence-corrected chi connectivity index (χ2v) is 9.89. The van der Waals surface area contributed by atoms with E-state index in [0.717, 1.165) is 36.9 Å². The molecule has 0 atom stereocenters. The Morgan fingerprint density at radius 2 is 1.58 bits per heavy atom. The van der Waals surface area contributed by atoms with Gasteiger partial charge >= 0.3 is 0 Å². The number of nitrogens with one attached hydrogen (secondary N) is 1. The first kappa shape index (κ1) is 25.7. The number of amides is 3. The first-order valence-corrected chi connectivity index (χ1v) is 13.2. The molecule has 7 nitrogen and oxygen atoms in total. The molecule has 2 fully saturated rings. The van der Waals surface area contributed by atoms with Gasteiger partial charge in [-0.3, -0.25) is 14.4 Å². The largest absolute Gasteiger partial charge is 0.350 e. The molecule has 0 radical (unpaired) electrons. The molecule has 2 aliphatic rings. The predicted octanol–water partition coefficient (Wildman–Crippen LogP) is 3.94. The zero-order chi connectivity index (χ0) is 25.4. The van der Waals surface area contributed by atoms with E-state index in [1.807, 2.05) is 65.6 Å². The van der Waals surface area contributed by atoms with Crippen LogP contribution in [0.1, 0.15) is 57.4 Å². The lowest BCUT2D eigenvalue weighted by Crippen LogP contribution is -2.57. The van der Waals surface area contributed by atoms with E-state index in [1.54, 1.807) is 4.90 Å². The van der Waals surface area contributed by atoms with E-state index in [-0.39, 0.29) is 24.3 Å². The maximum absolute atomic E-state index is 13.8. The lowest BCUT2D eigenvalue weighted by atomic mass is 9.85. The van der Waals surface area contributed by atoms with Crippen molar-refractivity contribution in [1.29, 1.82) is 0 Å². The number of hydrogen-bond acceptors (Lipinski definition) is 4. The number of piperidine rings is 1. The van der Waals surface area contributed by atoms with E-state index < -0.39 is 5.54 Å². The summed E-state index contributed by atoms with van der Waals surface area (Å²) in [5.74, 6) is 0.00280. The lowest BCUT2D eigenvalue weighted by molar-refractivity contribution is -0.140. The van der Waals surface area contributed by atoms with Crippen LogP contribution >= 0.6 is 0 Å². The SMILES string of the molecule is CCCCCCC(=O)N1CCC2(CC1)C(=O)N(CC(=O)NCc1ccccc1)CN2c1ccccc1. The monoisotopic (exact) mass is 490 g/mol. The van der Waals surface area contributed by atoms with E-state index in [0.29, 0.717) is 45.6 Å². The Labute approximate surface area is 214 Å². The minimum absolute atomic E-state index is 0.0174. The van der Waals surface area contributed by atoms with E-state index in [9.17, 15) is 14.4 Å². The van der Waals surface area contributed by atoms with Gasteiger partial charge in [0.15, 0.2) is 0 Å². The summed E-state index contributed by atoms with van der Waals surface area (Å²) in [7, 11) is 0. The molecule has 7 heteroatoms. The lowest BCUT2D eigenvalue weighted by Gasteiger charge is -2.43. The number of benzene rings is 2. The number of rotatable bonds is 10. The first-order chi connectivity index (χ1) is 17.5. The Morgan fingerprint density at radius 1 is 0.917 bits per heavy atom. The van der Waals surface area contributed by atoms with Crippen molar-refractivity contribution in [3.63, 3.8) is 0 Å². The highest BCUT2D eigenvalue weighted by Gasteiger charge is 2.54. The minimum atomic E-state index is -0.722. The van der Waals surface area contributed by atoms with Gasteiger partial charge in [0.05, 0.1) is 6.67 Å². The molecule has 192 valence electrons. The number of anilines is 1. The van der Waals surface area contributed by atoms with Crippen molar-refractivity contribution in [3.8, 4) is 0 Å². The van der Waals surface area contributed by atoms with Crippen LogP contribution in [0.2, 0.25) is 0 Å². The van der Waals surface area contributed by atoms with Crippen molar-refractivity contribution in [2.75, 3.05) is 31.2 Å². The predicted molar refractivity (Wildman–Crippen MR) is 141 cm³/mol. The van der Waals surface area contributed by atoms with Gasteiger partial charge in [-0.2, -0.15) is 0 Å². The van der Waals surface area contributed by atoms with Gasteiger partial charge in [-0.15, -0.1) is 0 Å². The zero-order valence-corrected chi connectivity index (χ0v) is 21.3. The van der Waals surface area contributed by atoms with Gasteiger partial charge in [0.2, 0.25) is 11.8 Å². The van der Waals surface area contributed by atoms with Crippen molar-refractivity contribution in [2.24, 2.45) is 0 Å². The van der Waals surface area contributed by atoms with Crippen molar-refractivity contribution in [1.82, 2.24) is 15.1 Å². The van der Waals surface area contributed by atoms with Crippen molar-refractivity contribution in [3.05, 3.63) is 66.2 Å². The quantitative estimate of drug-likeness (QED) is 0.512. The van der Waals surface area contributed by atoms with Crippen LogP contribution in [0, 0.1) is 0 Å². The normalized spacial score (nSPS) is 17.0. The highest BCUT2D eigenvalue weighted by Crippen LogP contribution is 2.39. The Bertz CT molecular complexity index is 1020. The van der Waals surface area contributed by atoms with E-state index >= 15 is 0 Å². The maximum atomic E-state index is 13.8. The van der Waals surface area contributed by atoms with E-state index in [2.05, 4.69) is 17.1 Å². The molecule has 2 saturated heterocycles. The topological polar surface area (TPSA) is 73.0 Å². The van der Waals surface area contributed by atoms with Crippen LogP contribution in [0.3, 0.4) is 0 Å². The molecule has 0 bridgehead atoms. The average molecular weight is 491 g/mol. The van der Waals surface area contributed by atoms with Gasteiger partial charge in [0, 0.05) is 31.7 Å². The molecule has 4 rings (SSSR count). The van der Waals surface area contributed by atoms with Gasteiger partial charge in [-0.05, 0) is 37.0 Å². The summed E-state index contributed by atoms with van der Waals surface area (Å²) in [5, 5.41) is 2.94. The standard InChI is InChI=1S/C29H38N4O3/c1-2-3-4-11-16-27(35)31-19-17-29(18-20-31)28(36)32(23-33(29)25-14-9-6-10-15-25)22-26(34)30-21-24-12-7-5-8-13-24/h5-10,12-15H,2-4,11,16-23H2,1H3,(H,30,34). The second kappa shape index (κ2) is 12.1. The third kappa shape index (κ3) is 5.89. The van der Waals surface area contributed by atoms with Gasteiger partial charge in [-0.25, -0.2) is 0 Å². The molecule has 0 aliphatic carbocycles. The molecule has 2 aliphatic heterocycles. The summed E-state index contributed by atoms with van der Waals surface area (Å²) in [6.07, 6.45) is 6.05. The molecule has 2 heterocycles. The van der Waals surface area contributed by atoms with Crippen LogP contribution in [-0.4, -0.2) is 59.4 Å². The third-order valence-corrected chi connectivity index (χ3v) is 7.44. The summed E-state index contributed by atoms with van der Waals surface area (Å²) in [4.78, 5) is 45.0. The summed E-state index contributed by atoms with van der Waals surface area (Å²) < 4.78 is 0. The average Bonchev–Trinajstić information content (AvgIpc) is 3.17. The Hall–Kier alpha value is -3.35. The van der Waals surface area contributed by atoms with Crippen LogP contribution in [0.4, 0.5) is 5.69 Å². The Balaban J connectivity index is 1.41. The maximum Gasteiger partial charge on any atom is 0.250 e. The van der Waals surface area contributed by atoms with E-state index in [1.165, 1.54) is 0 Å². The molecule has 0 aromatic heterocycles. The minimum Gasteiger partial charge on any atom is -0.350 e. The zero-order valence-electron chi connectivity index (χ0n) is 21.3. The number of nitrogens with zero attached hydrogens (tertiary/aromatic N) is 3. The molecular weight excluding hydrogens is 452 g/mol. The number of unbranched alkanes of at least 4 members (excludes halogenated alkanes) is 3. The molecule has 1 N–H and O–H groups in total. The number of carbonyl (C=O) groups is 3. The second-order valence-electron chi connectivity index (χ2n) is 9.89. The molecule has 0 saturated carbocycles. The number of hydrogen-bond donors (Lipinski definition) is 1. The Kier molecular flexibility index (Phi) is 8.62.